The van der Waals surface area contributed by atoms with Gasteiger partial charge >= 0.3 is 0 Å². The Bertz CT molecular complexity index is 722. The SMILES string of the molecule is Cc1ccc(Cl)cc1NC(=O)C(C)N1CCCN(c2nccs2)CC1. The van der Waals surface area contributed by atoms with Crippen LogP contribution in [-0.4, -0.2) is 48.0 Å². The standard InChI is InChI=1S/C18H23ClN4OS/c1-13-4-5-15(19)12-16(13)21-17(24)14(2)22-7-3-8-23(10-9-22)18-20-6-11-25-18/h4-6,11-12,14H,3,7-10H2,1-2H3,(H,21,24). The second-order valence-corrected chi connectivity index (χ2v) is 7.63. The molecule has 1 amide bonds. The number of hydrogen-bond acceptors (Lipinski definition) is 5. The lowest BCUT2D eigenvalue weighted by Crippen LogP contribution is -2.44. The average molecular weight is 379 g/mol. The van der Waals surface area contributed by atoms with Crippen molar-refractivity contribution in [3.63, 3.8) is 0 Å². The summed E-state index contributed by atoms with van der Waals surface area (Å²) in [6.45, 7) is 7.56. The first-order valence-corrected chi connectivity index (χ1v) is 9.76. The number of halogens is 1. The van der Waals surface area contributed by atoms with Crippen molar-refractivity contribution in [2.45, 2.75) is 26.3 Å². The Morgan fingerprint density at radius 3 is 2.92 bits per heavy atom. The van der Waals surface area contributed by atoms with Crippen molar-refractivity contribution in [2.24, 2.45) is 0 Å². The quantitative estimate of drug-likeness (QED) is 0.882. The topological polar surface area (TPSA) is 48.5 Å². The number of aromatic nitrogens is 1. The largest absolute Gasteiger partial charge is 0.347 e. The van der Waals surface area contributed by atoms with Gasteiger partial charge in [0, 0.05) is 48.5 Å². The van der Waals surface area contributed by atoms with Crippen LogP contribution in [0.1, 0.15) is 18.9 Å². The molecule has 25 heavy (non-hydrogen) atoms. The van der Waals surface area contributed by atoms with Crippen LogP contribution in [-0.2, 0) is 4.79 Å². The Labute approximate surface area is 157 Å². The summed E-state index contributed by atoms with van der Waals surface area (Å²) in [4.78, 5) is 21.6. The lowest BCUT2D eigenvalue weighted by molar-refractivity contribution is -0.120. The van der Waals surface area contributed by atoms with Crippen LogP contribution in [0.5, 0.6) is 0 Å². The summed E-state index contributed by atoms with van der Waals surface area (Å²) in [5, 5.41) is 6.71. The van der Waals surface area contributed by atoms with Gasteiger partial charge in [0.2, 0.25) is 5.91 Å². The van der Waals surface area contributed by atoms with E-state index in [-0.39, 0.29) is 11.9 Å². The summed E-state index contributed by atoms with van der Waals surface area (Å²) in [6, 6.07) is 5.36. The van der Waals surface area contributed by atoms with Gasteiger partial charge in [-0.3, -0.25) is 9.69 Å². The van der Waals surface area contributed by atoms with Crippen LogP contribution >= 0.6 is 22.9 Å². The number of carbonyl (C=O) groups excluding carboxylic acids is 1. The third-order valence-corrected chi connectivity index (χ3v) is 5.67. The van der Waals surface area contributed by atoms with Crippen LogP contribution < -0.4 is 10.2 Å². The first-order chi connectivity index (χ1) is 12.0. The number of nitrogens with zero attached hydrogens (tertiary/aromatic N) is 3. The Balaban J connectivity index is 1.61. The molecule has 7 heteroatoms. The highest BCUT2D eigenvalue weighted by molar-refractivity contribution is 7.13. The van der Waals surface area contributed by atoms with Gasteiger partial charge in [-0.05, 0) is 38.0 Å². The Morgan fingerprint density at radius 1 is 1.32 bits per heavy atom. The molecule has 1 aromatic heterocycles. The minimum absolute atomic E-state index is 0.00747. The molecule has 1 fully saturated rings. The maximum Gasteiger partial charge on any atom is 0.241 e. The molecule has 0 bridgehead atoms. The average Bonchev–Trinajstić information content (AvgIpc) is 3.02. The van der Waals surface area contributed by atoms with Crippen molar-refractivity contribution in [3.05, 3.63) is 40.4 Å². The van der Waals surface area contributed by atoms with Crippen molar-refractivity contribution in [1.82, 2.24) is 9.88 Å². The molecule has 0 spiro atoms. The normalized spacial score (nSPS) is 17.2. The van der Waals surface area contributed by atoms with Crippen LogP contribution in [0, 0.1) is 6.92 Å². The monoisotopic (exact) mass is 378 g/mol. The molecule has 134 valence electrons. The molecule has 1 aromatic carbocycles. The zero-order valence-corrected chi connectivity index (χ0v) is 16.1. The van der Waals surface area contributed by atoms with Gasteiger partial charge in [0.05, 0.1) is 6.04 Å². The number of carbonyl (C=O) groups is 1. The predicted molar refractivity (Wildman–Crippen MR) is 105 cm³/mol. The van der Waals surface area contributed by atoms with Gasteiger partial charge in [-0.2, -0.15) is 0 Å². The Hall–Kier alpha value is -1.63. The van der Waals surface area contributed by atoms with Crippen molar-refractivity contribution in [2.75, 3.05) is 36.4 Å². The van der Waals surface area contributed by atoms with Gasteiger partial charge in [0.15, 0.2) is 5.13 Å². The lowest BCUT2D eigenvalue weighted by Gasteiger charge is -2.27. The number of nitrogens with one attached hydrogen (secondary N) is 1. The van der Waals surface area contributed by atoms with Crippen molar-refractivity contribution >= 4 is 39.7 Å². The fraction of sp³-hybridized carbons (Fsp3) is 0.444. The smallest absolute Gasteiger partial charge is 0.241 e. The molecule has 0 saturated carbocycles. The fourth-order valence-electron chi connectivity index (χ4n) is 3.02. The van der Waals surface area contributed by atoms with Gasteiger partial charge in [-0.15, -0.1) is 11.3 Å². The summed E-state index contributed by atoms with van der Waals surface area (Å²) < 4.78 is 0. The van der Waals surface area contributed by atoms with Crippen LogP contribution in [0.3, 0.4) is 0 Å². The molecule has 1 aliphatic rings. The number of thiazole rings is 1. The summed E-state index contributed by atoms with van der Waals surface area (Å²) in [5.74, 6) is 0.00747. The van der Waals surface area contributed by atoms with Gasteiger partial charge < -0.3 is 10.2 Å². The van der Waals surface area contributed by atoms with Gasteiger partial charge in [-0.1, -0.05) is 17.7 Å². The first-order valence-electron chi connectivity index (χ1n) is 8.50. The van der Waals surface area contributed by atoms with E-state index in [0.29, 0.717) is 5.02 Å². The fourth-order valence-corrected chi connectivity index (χ4v) is 3.89. The highest BCUT2D eigenvalue weighted by Gasteiger charge is 2.25. The highest BCUT2D eigenvalue weighted by Crippen LogP contribution is 2.22. The number of rotatable bonds is 4. The molecule has 1 aliphatic heterocycles. The number of benzene rings is 1. The van der Waals surface area contributed by atoms with Crippen molar-refractivity contribution < 1.29 is 4.79 Å². The highest BCUT2D eigenvalue weighted by atomic mass is 35.5. The van der Waals surface area contributed by atoms with E-state index in [1.807, 2.05) is 37.6 Å². The van der Waals surface area contributed by atoms with Crippen LogP contribution in [0.2, 0.25) is 5.02 Å². The van der Waals surface area contributed by atoms with Crippen LogP contribution in [0.15, 0.2) is 29.8 Å². The molecule has 1 saturated heterocycles. The number of aryl methyl sites for hydroxylation is 1. The molecule has 3 rings (SSSR count). The molecular formula is C18H23ClN4OS. The Morgan fingerprint density at radius 2 is 2.16 bits per heavy atom. The molecule has 1 N–H and O–H groups in total. The van der Waals surface area contributed by atoms with Crippen LogP contribution in [0.4, 0.5) is 10.8 Å². The van der Waals surface area contributed by atoms with Gasteiger partial charge in [-0.25, -0.2) is 4.98 Å². The summed E-state index contributed by atoms with van der Waals surface area (Å²) in [7, 11) is 0. The molecule has 0 aliphatic carbocycles. The maximum atomic E-state index is 12.7. The van der Waals surface area contributed by atoms with Crippen molar-refractivity contribution in [1.29, 1.82) is 0 Å². The maximum absolute atomic E-state index is 12.7. The van der Waals surface area contributed by atoms with Gasteiger partial charge in [0.1, 0.15) is 0 Å². The molecular weight excluding hydrogens is 356 g/mol. The predicted octanol–water partition coefficient (Wildman–Crippen LogP) is 3.64. The minimum atomic E-state index is -0.186. The molecule has 2 aromatic rings. The lowest BCUT2D eigenvalue weighted by atomic mass is 10.2. The van der Waals surface area contributed by atoms with E-state index in [0.717, 1.165) is 49.0 Å². The minimum Gasteiger partial charge on any atom is -0.347 e. The van der Waals surface area contributed by atoms with Gasteiger partial charge in [0.25, 0.3) is 0 Å². The summed E-state index contributed by atoms with van der Waals surface area (Å²) in [5.41, 5.74) is 1.79. The summed E-state index contributed by atoms with van der Waals surface area (Å²) >= 11 is 7.71. The third kappa shape index (κ3) is 4.51. The number of hydrogen-bond donors (Lipinski definition) is 1. The molecule has 1 atom stereocenters. The molecule has 2 heterocycles. The number of amides is 1. The van der Waals surface area contributed by atoms with Crippen molar-refractivity contribution in [3.8, 4) is 0 Å². The zero-order valence-electron chi connectivity index (χ0n) is 14.5. The van der Waals surface area contributed by atoms with E-state index in [4.69, 9.17) is 11.6 Å². The summed E-state index contributed by atoms with van der Waals surface area (Å²) in [6.07, 6.45) is 2.86. The molecule has 5 nitrogen and oxygen atoms in total. The molecule has 0 radical (unpaired) electrons. The Kier molecular flexibility index (Phi) is 5.93. The number of anilines is 2. The zero-order chi connectivity index (χ0) is 17.8. The van der Waals surface area contributed by atoms with Crippen LogP contribution in [0.25, 0.3) is 0 Å². The second-order valence-electron chi connectivity index (χ2n) is 6.32. The van der Waals surface area contributed by atoms with E-state index in [9.17, 15) is 4.79 Å². The molecule has 1 unspecified atom stereocenters. The third-order valence-electron chi connectivity index (χ3n) is 4.60. The first kappa shape index (κ1) is 18.2. The van der Waals surface area contributed by atoms with E-state index < -0.39 is 0 Å². The van der Waals surface area contributed by atoms with E-state index in [1.165, 1.54) is 0 Å². The van der Waals surface area contributed by atoms with E-state index >= 15 is 0 Å². The van der Waals surface area contributed by atoms with E-state index in [1.54, 1.807) is 17.4 Å². The second kappa shape index (κ2) is 8.17. The van der Waals surface area contributed by atoms with E-state index in [2.05, 4.69) is 20.1 Å².